The number of anilines is 1. The highest BCUT2D eigenvalue weighted by atomic mass is 32.2. The van der Waals surface area contributed by atoms with Gasteiger partial charge in [0, 0.05) is 12.6 Å². The summed E-state index contributed by atoms with van der Waals surface area (Å²) in [6.45, 7) is 7.48. The molecule has 0 aromatic heterocycles. The molecule has 3 rings (SSSR count). The summed E-state index contributed by atoms with van der Waals surface area (Å²) < 4.78 is 26.8. The van der Waals surface area contributed by atoms with E-state index in [1.165, 1.54) is 0 Å². The lowest BCUT2D eigenvalue weighted by atomic mass is 10.1. The molecule has 8 heteroatoms. The molecule has 1 N–H and O–H groups in total. The number of hydrogen-bond donors (Lipinski definition) is 1. The number of amides is 2. The zero-order valence-corrected chi connectivity index (χ0v) is 22.9. The van der Waals surface area contributed by atoms with Gasteiger partial charge in [0.15, 0.2) is 0 Å². The summed E-state index contributed by atoms with van der Waals surface area (Å²) in [7, 11) is -3.75. The Morgan fingerprint density at radius 2 is 1.69 bits per heavy atom. The van der Waals surface area contributed by atoms with Gasteiger partial charge in [0.1, 0.15) is 12.6 Å². The Morgan fingerprint density at radius 3 is 2.28 bits per heavy atom. The van der Waals surface area contributed by atoms with Crippen LogP contribution in [0.2, 0.25) is 0 Å². The topological polar surface area (TPSA) is 86.8 Å². The molecule has 1 saturated carbocycles. The molecule has 2 aromatic rings. The van der Waals surface area contributed by atoms with Crippen molar-refractivity contribution < 1.29 is 18.0 Å². The fourth-order valence-electron chi connectivity index (χ4n) is 4.97. The van der Waals surface area contributed by atoms with E-state index in [1.807, 2.05) is 64.1 Å². The van der Waals surface area contributed by atoms with Crippen LogP contribution in [0.25, 0.3) is 0 Å². The molecule has 196 valence electrons. The van der Waals surface area contributed by atoms with Crippen molar-refractivity contribution in [1.29, 1.82) is 0 Å². The highest BCUT2D eigenvalue weighted by molar-refractivity contribution is 7.92. The first-order chi connectivity index (χ1) is 17.0. The molecular weight excluding hydrogens is 474 g/mol. The van der Waals surface area contributed by atoms with Crippen molar-refractivity contribution in [2.24, 2.45) is 0 Å². The van der Waals surface area contributed by atoms with Gasteiger partial charge in [-0.25, -0.2) is 8.42 Å². The molecule has 0 bridgehead atoms. The van der Waals surface area contributed by atoms with Gasteiger partial charge in [-0.05, 0) is 57.2 Å². The number of nitrogens with zero attached hydrogens (tertiary/aromatic N) is 2. The molecule has 7 nitrogen and oxygen atoms in total. The Bertz CT molecular complexity index is 1190. The number of sulfonamides is 1. The first-order valence-electron chi connectivity index (χ1n) is 12.7. The minimum absolute atomic E-state index is 0.130. The number of nitrogens with one attached hydrogen (secondary N) is 1. The van der Waals surface area contributed by atoms with Gasteiger partial charge in [0.2, 0.25) is 21.8 Å². The van der Waals surface area contributed by atoms with Crippen LogP contribution >= 0.6 is 0 Å². The van der Waals surface area contributed by atoms with Crippen molar-refractivity contribution in [2.45, 2.75) is 78.4 Å². The quantitative estimate of drug-likeness (QED) is 0.515. The van der Waals surface area contributed by atoms with Gasteiger partial charge in [-0.2, -0.15) is 0 Å². The monoisotopic (exact) mass is 513 g/mol. The molecule has 1 atom stereocenters. The van der Waals surface area contributed by atoms with Crippen molar-refractivity contribution in [2.75, 3.05) is 17.1 Å². The van der Waals surface area contributed by atoms with Crippen LogP contribution in [0.5, 0.6) is 0 Å². The highest BCUT2D eigenvalue weighted by Crippen LogP contribution is 2.25. The van der Waals surface area contributed by atoms with E-state index in [2.05, 4.69) is 5.32 Å². The summed E-state index contributed by atoms with van der Waals surface area (Å²) in [4.78, 5) is 28.7. The molecule has 36 heavy (non-hydrogen) atoms. The molecule has 2 aromatic carbocycles. The Hall–Kier alpha value is -2.87. The fraction of sp³-hybridized carbons (Fsp3) is 0.500. The van der Waals surface area contributed by atoms with Crippen molar-refractivity contribution in [3.8, 4) is 0 Å². The molecule has 0 heterocycles. The third-order valence-electron chi connectivity index (χ3n) is 6.82. The minimum atomic E-state index is -3.75. The van der Waals surface area contributed by atoms with Crippen LogP contribution in [0.15, 0.2) is 42.5 Å². The van der Waals surface area contributed by atoms with Crippen LogP contribution in [0.1, 0.15) is 61.3 Å². The number of carbonyl (C=O) groups is 2. The van der Waals surface area contributed by atoms with Gasteiger partial charge in [-0.1, -0.05) is 67.3 Å². The van der Waals surface area contributed by atoms with E-state index in [9.17, 15) is 18.0 Å². The zero-order chi connectivity index (χ0) is 26.5. The zero-order valence-electron chi connectivity index (χ0n) is 22.1. The van der Waals surface area contributed by atoms with Crippen molar-refractivity contribution in [3.05, 3.63) is 64.7 Å². The number of aryl methyl sites for hydroxylation is 3. The van der Waals surface area contributed by atoms with Crippen molar-refractivity contribution in [3.63, 3.8) is 0 Å². The Labute approximate surface area is 215 Å². The number of rotatable bonds is 10. The number of benzene rings is 2. The lowest BCUT2D eigenvalue weighted by Crippen LogP contribution is -2.53. The van der Waals surface area contributed by atoms with Crippen LogP contribution in [0.3, 0.4) is 0 Å². The number of hydrogen-bond acceptors (Lipinski definition) is 4. The first kappa shape index (κ1) is 27.7. The Morgan fingerprint density at radius 1 is 1.03 bits per heavy atom. The van der Waals surface area contributed by atoms with Gasteiger partial charge in [0.25, 0.3) is 0 Å². The summed E-state index contributed by atoms with van der Waals surface area (Å²) >= 11 is 0. The first-order valence-corrected chi connectivity index (χ1v) is 14.5. The van der Waals surface area contributed by atoms with E-state index in [1.54, 1.807) is 11.0 Å². The van der Waals surface area contributed by atoms with Gasteiger partial charge >= 0.3 is 0 Å². The molecule has 0 aliphatic heterocycles. The molecule has 0 saturated heterocycles. The maximum Gasteiger partial charge on any atom is 0.244 e. The Kier molecular flexibility index (Phi) is 9.17. The van der Waals surface area contributed by atoms with E-state index >= 15 is 0 Å². The second kappa shape index (κ2) is 11.9. The predicted molar refractivity (Wildman–Crippen MR) is 144 cm³/mol. The van der Waals surface area contributed by atoms with Crippen molar-refractivity contribution >= 4 is 27.5 Å². The summed E-state index contributed by atoms with van der Waals surface area (Å²) in [6.07, 6.45) is 5.61. The van der Waals surface area contributed by atoms with Crippen LogP contribution in [-0.2, 0) is 26.2 Å². The summed E-state index contributed by atoms with van der Waals surface area (Å²) in [5, 5.41) is 3.13. The smallest absolute Gasteiger partial charge is 0.244 e. The molecule has 0 radical (unpaired) electrons. The van der Waals surface area contributed by atoms with Gasteiger partial charge in [0.05, 0.1) is 11.9 Å². The van der Waals surface area contributed by atoms with Crippen LogP contribution in [-0.4, -0.2) is 50.0 Å². The van der Waals surface area contributed by atoms with E-state index in [0.717, 1.165) is 58.5 Å². The van der Waals surface area contributed by atoms with Gasteiger partial charge in [-0.15, -0.1) is 0 Å². The summed E-state index contributed by atoms with van der Waals surface area (Å²) in [5.41, 5.74) is 4.19. The molecular formula is C28H39N3O4S. The maximum absolute atomic E-state index is 13.8. The molecule has 1 aliphatic carbocycles. The Balaban J connectivity index is 1.94. The largest absolute Gasteiger partial charge is 0.352 e. The van der Waals surface area contributed by atoms with Crippen LogP contribution in [0.4, 0.5) is 5.69 Å². The number of carbonyl (C=O) groups excluding carboxylic acids is 2. The predicted octanol–water partition coefficient (Wildman–Crippen LogP) is 4.24. The van der Waals surface area contributed by atoms with E-state index < -0.39 is 22.0 Å². The minimum Gasteiger partial charge on any atom is -0.352 e. The third-order valence-corrected chi connectivity index (χ3v) is 7.95. The molecule has 2 amide bonds. The standard InChI is InChI=1S/C28H39N3O4S/c1-6-25(28(33)29-24-12-7-8-13-24)30(18-23-11-9-10-20(2)17-23)27(32)19-31(36(5,34)35)26-15-14-21(3)16-22(26)4/h9-11,14-17,24-25H,6-8,12-13,18-19H2,1-5H3,(H,29,33)/t25-/m0/s1. The molecule has 1 fully saturated rings. The normalized spacial score (nSPS) is 14.9. The van der Waals surface area contributed by atoms with Crippen LogP contribution in [0, 0.1) is 20.8 Å². The van der Waals surface area contributed by atoms with E-state index in [4.69, 9.17) is 0 Å². The lowest BCUT2D eigenvalue weighted by Gasteiger charge is -2.33. The molecule has 0 unspecified atom stereocenters. The fourth-order valence-corrected chi connectivity index (χ4v) is 5.88. The average Bonchev–Trinajstić information content (AvgIpc) is 3.30. The second-order valence-corrected chi connectivity index (χ2v) is 11.9. The van der Waals surface area contributed by atoms with Crippen LogP contribution < -0.4 is 9.62 Å². The average molecular weight is 514 g/mol. The summed E-state index contributed by atoms with van der Waals surface area (Å²) in [5.74, 6) is -0.585. The maximum atomic E-state index is 13.8. The highest BCUT2D eigenvalue weighted by Gasteiger charge is 2.33. The van der Waals surface area contributed by atoms with Crippen molar-refractivity contribution in [1.82, 2.24) is 10.2 Å². The molecule has 0 spiro atoms. The lowest BCUT2D eigenvalue weighted by molar-refractivity contribution is -0.140. The SMILES string of the molecule is CC[C@@H](C(=O)NC1CCCC1)N(Cc1cccc(C)c1)C(=O)CN(c1ccc(C)cc1C)S(C)(=O)=O. The summed E-state index contributed by atoms with van der Waals surface area (Å²) in [6, 6.07) is 12.7. The van der Waals surface area contributed by atoms with E-state index in [0.29, 0.717) is 12.1 Å². The second-order valence-electron chi connectivity index (χ2n) is 9.98. The third kappa shape index (κ3) is 7.09. The van der Waals surface area contributed by atoms with Gasteiger partial charge < -0.3 is 10.2 Å². The van der Waals surface area contributed by atoms with Gasteiger partial charge in [-0.3, -0.25) is 13.9 Å². The molecule has 1 aliphatic rings. The van der Waals surface area contributed by atoms with E-state index in [-0.39, 0.29) is 25.0 Å².